The SMILES string of the molecule is COc1ncc(Br)cc1[C@@]1(C)N=C(N)S[C@@]2(C(N)=O)C[C@H]21. The summed E-state index contributed by atoms with van der Waals surface area (Å²) in [6.45, 7) is 1.95. The van der Waals surface area contributed by atoms with Gasteiger partial charge in [0.1, 0.15) is 4.75 Å². The molecule has 1 amide bonds. The van der Waals surface area contributed by atoms with Crippen LogP contribution in [0.2, 0.25) is 0 Å². The molecule has 0 bridgehead atoms. The summed E-state index contributed by atoms with van der Waals surface area (Å²) in [7, 11) is 1.56. The summed E-state index contributed by atoms with van der Waals surface area (Å²) in [5.41, 5.74) is 11.7. The number of amidine groups is 1. The van der Waals surface area contributed by atoms with E-state index in [1.807, 2.05) is 13.0 Å². The zero-order chi connectivity index (χ0) is 15.4. The number of carbonyl (C=O) groups is 1. The first kappa shape index (κ1) is 14.6. The number of rotatable bonds is 3. The first-order valence-corrected chi connectivity index (χ1v) is 7.98. The molecule has 1 aromatic heterocycles. The second-order valence-corrected chi connectivity index (χ2v) is 7.69. The van der Waals surface area contributed by atoms with Gasteiger partial charge in [-0.05, 0) is 35.3 Å². The molecule has 1 saturated carbocycles. The summed E-state index contributed by atoms with van der Waals surface area (Å²) in [5, 5.41) is 0.368. The minimum absolute atomic E-state index is 0.00944. The fourth-order valence-corrected chi connectivity index (χ4v) is 4.71. The standard InChI is InChI=1S/C13H15BrN4O2S/c1-12(7-3-6(14)5-17-9(7)20-2)8-4-13(8,10(15)19)21-11(16)18-12/h3,5,8H,4H2,1-2H3,(H2,15,19)(H2,16,18)/t8-,12+,13-/m0/s1. The van der Waals surface area contributed by atoms with E-state index < -0.39 is 10.3 Å². The molecule has 21 heavy (non-hydrogen) atoms. The first-order valence-electron chi connectivity index (χ1n) is 6.38. The number of pyridine rings is 1. The molecule has 0 aromatic carbocycles. The van der Waals surface area contributed by atoms with Gasteiger partial charge in [-0.15, -0.1) is 0 Å². The third kappa shape index (κ3) is 2.03. The lowest BCUT2D eigenvalue weighted by molar-refractivity contribution is -0.118. The van der Waals surface area contributed by atoms with Crippen LogP contribution in [0.4, 0.5) is 0 Å². The van der Waals surface area contributed by atoms with Crippen molar-refractivity contribution in [2.75, 3.05) is 7.11 Å². The third-order valence-electron chi connectivity index (χ3n) is 4.19. The van der Waals surface area contributed by atoms with Crippen LogP contribution < -0.4 is 16.2 Å². The normalized spacial score (nSPS) is 33.9. The zero-order valence-corrected chi connectivity index (χ0v) is 14.0. The number of aliphatic imine (C=N–C) groups is 1. The molecule has 0 unspecified atom stereocenters. The van der Waals surface area contributed by atoms with E-state index in [1.165, 1.54) is 11.8 Å². The van der Waals surface area contributed by atoms with Crippen molar-refractivity contribution in [1.82, 2.24) is 4.98 Å². The lowest BCUT2D eigenvalue weighted by Gasteiger charge is -2.33. The van der Waals surface area contributed by atoms with Gasteiger partial charge >= 0.3 is 0 Å². The van der Waals surface area contributed by atoms with E-state index in [4.69, 9.17) is 16.2 Å². The number of nitrogens with two attached hydrogens (primary N) is 2. The van der Waals surface area contributed by atoms with Crippen LogP contribution in [0, 0.1) is 5.92 Å². The number of amides is 1. The molecule has 2 aliphatic rings. The second-order valence-electron chi connectivity index (χ2n) is 5.42. The number of nitrogens with zero attached hydrogens (tertiary/aromatic N) is 2. The van der Waals surface area contributed by atoms with E-state index in [-0.39, 0.29) is 11.8 Å². The molecule has 1 aromatic rings. The highest BCUT2D eigenvalue weighted by atomic mass is 79.9. The highest BCUT2D eigenvalue weighted by molar-refractivity contribution is 9.10. The van der Waals surface area contributed by atoms with Gasteiger partial charge in [-0.1, -0.05) is 11.8 Å². The quantitative estimate of drug-likeness (QED) is 0.835. The first-order chi connectivity index (χ1) is 9.83. The molecule has 2 heterocycles. The van der Waals surface area contributed by atoms with Crippen LogP contribution in [0.5, 0.6) is 5.88 Å². The number of primary amides is 1. The summed E-state index contributed by atoms with van der Waals surface area (Å²) < 4.78 is 5.51. The number of ether oxygens (including phenoxy) is 1. The van der Waals surface area contributed by atoms with Gasteiger partial charge < -0.3 is 16.2 Å². The largest absolute Gasteiger partial charge is 0.481 e. The predicted octanol–water partition coefficient (Wildman–Crippen LogP) is 1.37. The Morgan fingerprint density at radius 3 is 2.95 bits per heavy atom. The Labute approximate surface area is 134 Å². The van der Waals surface area contributed by atoms with Gasteiger partial charge in [-0.3, -0.25) is 9.79 Å². The molecule has 112 valence electrons. The highest BCUT2D eigenvalue weighted by Crippen LogP contribution is 2.66. The van der Waals surface area contributed by atoms with Crippen molar-refractivity contribution in [3.8, 4) is 5.88 Å². The maximum Gasteiger partial charge on any atom is 0.234 e. The molecule has 4 N–H and O–H groups in total. The highest BCUT2D eigenvalue weighted by Gasteiger charge is 2.70. The predicted molar refractivity (Wildman–Crippen MR) is 85.1 cm³/mol. The van der Waals surface area contributed by atoms with Gasteiger partial charge in [0.05, 0.1) is 12.6 Å². The average Bonchev–Trinajstić information content (AvgIpc) is 3.15. The van der Waals surface area contributed by atoms with Gasteiger partial charge in [-0.25, -0.2) is 4.98 Å². The average molecular weight is 371 g/mol. The minimum Gasteiger partial charge on any atom is -0.481 e. The molecule has 6 nitrogen and oxygen atoms in total. The van der Waals surface area contributed by atoms with E-state index in [2.05, 4.69) is 25.9 Å². The number of fused-ring (bicyclic) bond motifs is 1. The van der Waals surface area contributed by atoms with Crippen molar-refractivity contribution >= 4 is 38.8 Å². The van der Waals surface area contributed by atoms with Crippen molar-refractivity contribution in [2.24, 2.45) is 22.4 Å². The maximum atomic E-state index is 11.8. The number of hydrogen-bond donors (Lipinski definition) is 2. The molecule has 0 spiro atoms. The minimum atomic E-state index is -0.674. The lowest BCUT2D eigenvalue weighted by atomic mass is 9.86. The third-order valence-corrected chi connectivity index (χ3v) is 5.94. The molecule has 0 saturated heterocycles. The molecule has 1 aliphatic carbocycles. The van der Waals surface area contributed by atoms with Crippen LogP contribution >= 0.6 is 27.7 Å². The number of aromatic nitrogens is 1. The van der Waals surface area contributed by atoms with Gasteiger partial charge in [-0.2, -0.15) is 0 Å². The van der Waals surface area contributed by atoms with E-state index in [0.29, 0.717) is 17.5 Å². The molecule has 0 radical (unpaired) electrons. The molecule has 8 heteroatoms. The van der Waals surface area contributed by atoms with Crippen LogP contribution in [-0.4, -0.2) is 27.9 Å². The summed E-state index contributed by atoms with van der Waals surface area (Å²) in [4.78, 5) is 20.7. The van der Waals surface area contributed by atoms with Gasteiger partial charge in [0.2, 0.25) is 11.8 Å². The van der Waals surface area contributed by atoms with Crippen LogP contribution in [0.25, 0.3) is 0 Å². The van der Waals surface area contributed by atoms with Crippen LogP contribution in [0.1, 0.15) is 18.9 Å². The van der Waals surface area contributed by atoms with Crippen molar-refractivity contribution in [3.05, 3.63) is 22.3 Å². The van der Waals surface area contributed by atoms with Gasteiger partial charge in [0, 0.05) is 22.2 Å². The zero-order valence-electron chi connectivity index (χ0n) is 11.6. The number of thioether (sulfide) groups is 1. The Morgan fingerprint density at radius 1 is 1.62 bits per heavy atom. The van der Waals surface area contributed by atoms with Crippen molar-refractivity contribution < 1.29 is 9.53 Å². The van der Waals surface area contributed by atoms with E-state index in [0.717, 1.165) is 10.0 Å². The number of carbonyl (C=O) groups excluding carboxylic acids is 1. The van der Waals surface area contributed by atoms with Crippen molar-refractivity contribution in [3.63, 3.8) is 0 Å². The Kier molecular flexibility index (Phi) is 3.21. The fourth-order valence-electron chi connectivity index (χ4n) is 3.05. The summed E-state index contributed by atoms with van der Waals surface area (Å²) in [6.07, 6.45) is 2.31. The van der Waals surface area contributed by atoms with E-state index >= 15 is 0 Å². The maximum absolute atomic E-state index is 11.8. The van der Waals surface area contributed by atoms with Crippen molar-refractivity contribution in [2.45, 2.75) is 23.6 Å². The fraction of sp³-hybridized carbons (Fsp3) is 0.462. The van der Waals surface area contributed by atoms with Crippen LogP contribution in [0.15, 0.2) is 21.7 Å². The van der Waals surface area contributed by atoms with E-state index in [9.17, 15) is 4.79 Å². The molecule has 3 atom stereocenters. The van der Waals surface area contributed by atoms with Gasteiger partial charge in [0.15, 0.2) is 5.17 Å². The molecule has 1 aliphatic heterocycles. The molecular formula is C13H15BrN4O2S. The van der Waals surface area contributed by atoms with Crippen molar-refractivity contribution in [1.29, 1.82) is 0 Å². The Hall–Kier alpha value is -1.28. The number of hydrogen-bond acceptors (Lipinski definition) is 6. The molecular weight excluding hydrogens is 356 g/mol. The van der Waals surface area contributed by atoms with Crippen LogP contribution in [-0.2, 0) is 10.3 Å². The molecule has 3 rings (SSSR count). The Bertz CT molecular complexity index is 668. The lowest BCUT2D eigenvalue weighted by Crippen LogP contribution is -2.41. The summed E-state index contributed by atoms with van der Waals surface area (Å²) >= 11 is 4.68. The van der Waals surface area contributed by atoms with Gasteiger partial charge in [0.25, 0.3) is 0 Å². The molecule has 1 fully saturated rings. The smallest absolute Gasteiger partial charge is 0.234 e. The second kappa shape index (κ2) is 4.61. The number of halogens is 1. The summed E-state index contributed by atoms with van der Waals surface area (Å²) in [6, 6.07) is 1.91. The summed E-state index contributed by atoms with van der Waals surface area (Å²) in [5.74, 6) is 0.128. The van der Waals surface area contributed by atoms with Crippen LogP contribution in [0.3, 0.4) is 0 Å². The Balaban J connectivity index is 2.15. The Morgan fingerprint density at radius 2 is 2.33 bits per heavy atom. The van der Waals surface area contributed by atoms with E-state index in [1.54, 1.807) is 13.3 Å². The topological polar surface area (TPSA) is 104 Å². The number of methoxy groups -OCH3 is 1. The monoisotopic (exact) mass is 370 g/mol.